The Hall–Kier alpha value is -2.10. The maximum absolute atomic E-state index is 13.6. The van der Waals surface area contributed by atoms with E-state index in [2.05, 4.69) is 27.0 Å². The molecule has 2 N–H and O–H groups in total. The zero-order valence-corrected chi connectivity index (χ0v) is 12.8. The van der Waals surface area contributed by atoms with Crippen LogP contribution in [0.15, 0.2) is 34.8 Å². The predicted molar refractivity (Wildman–Crippen MR) is 82.9 cm³/mol. The Balaban J connectivity index is 2.41. The first-order chi connectivity index (χ1) is 10.0. The first-order valence-corrected chi connectivity index (χ1v) is 7.01. The Morgan fingerprint density at radius 2 is 2.10 bits per heavy atom. The van der Waals surface area contributed by atoms with Crippen molar-refractivity contribution in [3.8, 4) is 11.8 Å². The van der Waals surface area contributed by atoms with Gasteiger partial charge in [0.05, 0.1) is 26.8 Å². The van der Waals surface area contributed by atoms with Gasteiger partial charge in [0.2, 0.25) is 5.95 Å². The van der Waals surface area contributed by atoms with E-state index >= 15 is 0 Å². The van der Waals surface area contributed by atoms with E-state index in [0.717, 1.165) is 0 Å². The smallest absolute Gasteiger partial charge is 0.205 e. The van der Waals surface area contributed by atoms with Gasteiger partial charge in [0.15, 0.2) is 0 Å². The minimum absolute atomic E-state index is 0.154. The van der Waals surface area contributed by atoms with Crippen molar-refractivity contribution in [2.24, 2.45) is 0 Å². The minimum Gasteiger partial charge on any atom is -0.369 e. The van der Waals surface area contributed by atoms with Gasteiger partial charge < -0.3 is 5.73 Å². The molecule has 21 heavy (non-hydrogen) atoms. The van der Waals surface area contributed by atoms with Crippen LogP contribution < -0.4 is 5.73 Å². The van der Waals surface area contributed by atoms with E-state index in [0.29, 0.717) is 27.3 Å². The Labute approximate surface area is 132 Å². The first kappa shape index (κ1) is 13.9. The van der Waals surface area contributed by atoms with Gasteiger partial charge in [0.1, 0.15) is 11.9 Å². The molecule has 0 saturated carbocycles. The highest BCUT2D eigenvalue weighted by Gasteiger charge is 2.16. The molecule has 0 aliphatic rings. The molecule has 4 nitrogen and oxygen atoms in total. The van der Waals surface area contributed by atoms with Gasteiger partial charge in [-0.1, -0.05) is 11.6 Å². The fourth-order valence-electron chi connectivity index (χ4n) is 2.13. The third-order valence-corrected chi connectivity index (χ3v) is 3.89. The lowest BCUT2D eigenvalue weighted by Crippen LogP contribution is -2.03. The molecule has 0 fully saturated rings. The largest absolute Gasteiger partial charge is 0.369 e. The second-order valence-corrected chi connectivity index (χ2v) is 5.62. The summed E-state index contributed by atoms with van der Waals surface area (Å²) in [6.07, 6.45) is 0. The number of nitrogens with zero attached hydrogens (tertiary/aromatic N) is 3. The number of halogens is 3. The molecule has 3 rings (SSSR count). The Kier molecular flexibility index (Phi) is 3.32. The molecule has 0 amide bonds. The molecule has 1 heterocycles. The Bertz CT molecular complexity index is 913. The van der Waals surface area contributed by atoms with Crippen LogP contribution in [0.1, 0.15) is 5.56 Å². The average Bonchev–Trinajstić information content (AvgIpc) is 2.74. The van der Waals surface area contributed by atoms with Crippen molar-refractivity contribution < 1.29 is 4.39 Å². The number of fused-ring (bicyclic) bond motifs is 1. The van der Waals surface area contributed by atoms with Gasteiger partial charge in [0, 0.05) is 11.1 Å². The highest BCUT2D eigenvalue weighted by molar-refractivity contribution is 9.10. The number of hydrogen-bond donors (Lipinski definition) is 1. The van der Waals surface area contributed by atoms with Crippen molar-refractivity contribution >= 4 is 44.5 Å². The van der Waals surface area contributed by atoms with Crippen LogP contribution in [-0.2, 0) is 0 Å². The predicted octanol–water partition coefficient (Wildman–Crippen LogP) is 4.03. The molecule has 0 aliphatic carbocycles. The van der Waals surface area contributed by atoms with E-state index in [1.54, 1.807) is 28.8 Å². The van der Waals surface area contributed by atoms with Gasteiger partial charge in [-0.05, 0) is 40.2 Å². The Morgan fingerprint density at radius 1 is 1.33 bits per heavy atom. The molecule has 0 saturated heterocycles. The van der Waals surface area contributed by atoms with E-state index in [4.69, 9.17) is 17.3 Å². The van der Waals surface area contributed by atoms with Crippen LogP contribution in [0.5, 0.6) is 0 Å². The third kappa shape index (κ3) is 2.24. The molecular weight excluding hydrogens is 359 g/mol. The molecular formula is C14H7BrClFN4. The third-order valence-electron chi connectivity index (χ3n) is 3.04. The molecule has 3 aromatic rings. The van der Waals surface area contributed by atoms with Crippen molar-refractivity contribution in [3.63, 3.8) is 0 Å². The quantitative estimate of drug-likeness (QED) is 0.708. The van der Waals surface area contributed by atoms with Gasteiger partial charge in [-0.25, -0.2) is 9.37 Å². The van der Waals surface area contributed by atoms with Crippen LogP contribution in [0.2, 0.25) is 5.02 Å². The summed E-state index contributed by atoms with van der Waals surface area (Å²) in [5.74, 6) is -0.278. The van der Waals surface area contributed by atoms with Crippen LogP contribution in [0.4, 0.5) is 10.3 Å². The number of anilines is 1. The van der Waals surface area contributed by atoms with Crippen LogP contribution in [-0.4, -0.2) is 9.55 Å². The van der Waals surface area contributed by atoms with E-state index in [9.17, 15) is 9.65 Å². The van der Waals surface area contributed by atoms with E-state index in [1.165, 1.54) is 6.07 Å². The van der Waals surface area contributed by atoms with Crippen molar-refractivity contribution in [3.05, 3.63) is 51.2 Å². The summed E-state index contributed by atoms with van der Waals surface area (Å²) < 4.78 is 15.5. The lowest BCUT2D eigenvalue weighted by atomic mass is 10.2. The minimum atomic E-state index is -0.432. The summed E-state index contributed by atoms with van der Waals surface area (Å²) >= 11 is 9.13. The lowest BCUT2D eigenvalue weighted by molar-refractivity contribution is 0.623. The van der Waals surface area contributed by atoms with Crippen LogP contribution >= 0.6 is 27.5 Å². The lowest BCUT2D eigenvalue weighted by Gasteiger charge is -2.09. The molecule has 1 aromatic heterocycles. The zero-order valence-electron chi connectivity index (χ0n) is 10.4. The van der Waals surface area contributed by atoms with E-state index in [1.807, 2.05) is 0 Å². The van der Waals surface area contributed by atoms with Crippen molar-refractivity contribution in [2.75, 3.05) is 5.73 Å². The molecule has 2 aromatic carbocycles. The molecule has 0 bridgehead atoms. The second kappa shape index (κ2) is 5.02. The fourth-order valence-corrected chi connectivity index (χ4v) is 2.63. The van der Waals surface area contributed by atoms with Gasteiger partial charge in [0.25, 0.3) is 0 Å². The van der Waals surface area contributed by atoms with E-state index in [-0.39, 0.29) is 10.4 Å². The number of nitrogens with two attached hydrogens (primary N) is 1. The molecule has 0 unspecified atom stereocenters. The molecule has 0 radical (unpaired) electrons. The maximum Gasteiger partial charge on any atom is 0.205 e. The number of hydrogen-bond acceptors (Lipinski definition) is 3. The standard InChI is InChI=1S/C14H7BrClFN4/c15-9-4-13-11(5-10(9)17)20-14(19)21(13)12-3-8(16)2-1-7(12)6-18/h1-5H,(H2,19,20). The number of benzene rings is 2. The summed E-state index contributed by atoms with van der Waals surface area (Å²) in [6.45, 7) is 0. The van der Waals surface area contributed by atoms with Crippen molar-refractivity contribution in [1.29, 1.82) is 5.26 Å². The number of nitriles is 1. The first-order valence-electron chi connectivity index (χ1n) is 5.84. The van der Waals surface area contributed by atoms with Crippen LogP contribution in [0, 0.1) is 17.1 Å². The van der Waals surface area contributed by atoms with Gasteiger partial charge in [-0.3, -0.25) is 4.57 Å². The number of rotatable bonds is 1. The molecule has 0 aliphatic heterocycles. The maximum atomic E-state index is 13.6. The summed E-state index contributed by atoms with van der Waals surface area (Å²) in [7, 11) is 0. The number of aromatic nitrogens is 2. The fraction of sp³-hybridized carbons (Fsp3) is 0. The monoisotopic (exact) mass is 364 g/mol. The SMILES string of the molecule is N#Cc1ccc(Cl)cc1-n1c(N)nc2cc(F)c(Br)cc21. The normalized spacial score (nSPS) is 10.8. The van der Waals surface area contributed by atoms with Crippen molar-refractivity contribution in [1.82, 2.24) is 9.55 Å². The molecule has 0 atom stereocenters. The molecule has 0 spiro atoms. The second-order valence-electron chi connectivity index (χ2n) is 4.33. The number of imidazole rings is 1. The highest BCUT2D eigenvalue weighted by atomic mass is 79.9. The summed E-state index contributed by atoms with van der Waals surface area (Å²) in [5.41, 5.74) is 7.80. The van der Waals surface area contributed by atoms with E-state index < -0.39 is 5.82 Å². The van der Waals surface area contributed by atoms with Crippen molar-refractivity contribution in [2.45, 2.75) is 0 Å². The topological polar surface area (TPSA) is 67.6 Å². The summed E-state index contributed by atoms with van der Waals surface area (Å²) in [6, 6.07) is 9.76. The number of nitrogen functional groups attached to an aromatic ring is 1. The van der Waals surface area contributed by atoms with Gasteiger partial charge in [-0.15, -0.1) is 0 Å². The highest BCUT2D eigenvalue weighted by Crippen LogP contribution is 2.30. The van der Waals surface area contributed by atoms with Crippen LogP contribution in [0.3, 0.4) is 0 Å². The van der Waals surface area contributed by atoms with Crippen LogP contribution in [0.25, 0.3) is 16.7 Å². The average molecular weight is 366 g/mol. The Morgan fingerprint density at radius 3 is 2.81 bits per heavy atom. The molecule has 104 valence electrons. The summed E-state index contributed by atoms with van der Waals surface area (Å²) in [5, 5.41) is 9.70. The summed E-state index contributed by atoms with van der Waals surface area (Å²) in [4.78, 5) is 4.12. The van der Waals surface area contributed by atoms with Gasteiger partial charge in [-0.2, -0.15) is 5.26 Å². The zero-order chi connectivity index (χ0) is 15.1. The molecule has 7 heteroatoms. The van der Waals surface area contributed by atoms with Gasteiger partial charge >= 0.3 is 0 Å².